The lowest BCUT2D eigenvalue weighted by molar-refractivity contribution is 0.0317. The minimum Gasteiger partial charge on any atom is -0.374 e. The number of nitrogens with zero attached hydrogens (tertiary/aromatic N) is 2. The summed E-state index contributed by atoms with van der Waals surface area (Å²) in [5.41, 5.74) is 0. The van der Waals surface area contributed by atoms with E-state index in [0.717, 1.165) is 18.7 Å². The van der Waals surface area contributed by atoms with Crippen molar-refractivity contribution < 1.29 is 4.74 Å². The highest BCUT2D eigenvalue weighted by molar-refractivity contribution is 4.93. The fourth-order valence-electron chi connectivity index (χ4n) is 2.57. The predicted molar refractivity (Wildman–Crippen MR) is 67.9 cm³/mol. The minimum atomic E-state index is 0.371. The van der Waals surface area contributed by atoms with Crippen LogP contribution >= 0.6 is 0 Å². The van der Waals surface area contributed by atoms with Crippen molar-refractivity contribution in [3.05, 3.63) is 18.2 Å². The van der Waals surface area contributed by atoms with Crippen molar-refractivity contribution in [3.63, 3.8) is 0 Å². The van der Waals surface area contributed by atoms with Gasteiger partial charge in [0.1, 0.15) is 5.82 Å². The van der Waals surface area contributed by atoms with Crippen molar-refractivity contribution in [2.24, 2.45) is 7.05 Å². The zero-order valence-electron chi connectivity index (χ0n) is 11.0. The maximum Gasteiger partial charge on any atom is 0.108 e. The molecule has 3 atom stereocenters. The molecule has 1 fully saturated rings. The molecule has 0 saturated carbocycles. The van der Waals surface area contributed by atoms with E-state index in [2.05, 4.69) is 21.8 Å². The highest BCUT2D eigenvalue weighted by Gasteiger charge is 2.28. The van der Waals surface area contributed by atoms with E-state index >= 15 is 0 Å². The molecule has 0 bridgehead atoms. The van der Waals surface area contributed by atoms with Crippen LogP contribution in [0.1, 0.15) is 32.0 Å². The van der Waals surface area contributed by atoms with Crippen molar-refractivity contribution in [2.45, 2.75) is 50.9 Å². The van der Waals surface area contributed by atoms with E-state index in [4.69, 9.17) is 4.74 Å². The summed E-state index contributed by atoms with van der Waals surface area (Å²) in [4.78, 5) is 4.36. The predicted octanol–water partition coefficient (Wildman–Crippen LogP) is 1.51. The van der Waals surface area contributed by atoms with E-state index < -0.39 is 0 Å². The van der Waals surface area contributed by atoms with Crippen molar-refractivity contribution >= 4 is 0 Å². The van der Waals surface area contributed by atoms with Crippen LogP contribution in [0, 0.1) is 0 Å². The van der Waals surface area contributed by atoms with Crippen LogP contribution < -0.4 is 5.32 Å². The number of hydrogen-bond acceptors (Lipinski definition) is 3. The molecule has 96 valence electrons. The average molecular weight is 237 g/mol. The third kappa shape index (κ3) is 3.07. The van der Waals surface area contributed by atoms with Crippen LogP contribution in [0.4, 0.5) is 0 Å². The minimum absolute atomic E-state index is 0.371. The number of rotatable bonds is 5. The number of aromatic nitrogens is 2. The molecule has 0 aromatic carbocycles. The normalized spacial score (nSPS) is 26.3. The number of aryl methyl sites for hydroxylation is 2. The lowest BCUT2D eigenvalue weighted by Gasteiger charge is -2.23. The van der Waals surface area contributed by atoms with Gasteiger partial charge < -0.3 is 14.6 Å². The van der Waals surface area contributed by atoms with Gasteiger partial charge in [0, 0.05) is 31.9 Å². The molecule has 4 nitrogen and oxygen atoms in total. The number of ether oxygens (including phenoxy) is 1. The van der Waals surface area contributed by atoms with Gasteiger partial charge in [-0.05, 0) is 33.2 Å². The first-order valence-corrected chi connectivity index (χ1v) is 6.49. The number of nitrogens with one attached hydrogen (secondary N) is 1. The van der Waals surface area contributed by atoms with Gasteiger partial charge in [-0.3, -0.25) is 0 Å². The Kier molecular flexibility index (Phi) is 4.18. The Labute approximate surface area is 103 Å². The Balaban J connectivity index is 1.86. The van der Waals surface area contributed by atoms with Crippen molar-refractivity contribution in [3.8, 4) is 0 Å². The highest BCUT2D eigenvalue weighted by Crippen LogP contribution is 2.23. The van der Waals surface area contributed by atoms with Gasteiger partial charge in [-0.1, -0.05) is 0 Å². The van der Waals surface area contributed by atoms with E-state index in [1.165, 1.54) is 12.8 Å². The molecule has 17 heavy (non-hydrogen) atoms. The molecule has 0 aliphatic carbocycles. The van der Waals surface area contributed by atoms with E-state index in [0.29, 0.717) is 18.2 Å². The summed E-state index contributed by atoms with van der Waals surface area (Å²) in [7, 11) is 4.07. The average Bonchev–Trinajstić information content (AvgIpc) is 2.90. The summed E-state index contributed by atoms with van der Waals surface area (Å²) >= 11 is 0. The smallest absolute Gasteiger partial charge is 0.108 e. The summed E-state index contributed by atoms with van der Waals surface area (Å²) in [5.74, 6) is 1.15. The fourth-order valence-corrected chi connectivity index (χ4v) is 2.57. The van der Waals surface area contributed by atoms with Crippen LogP contribution in [0.5, 0.6) is 0 Å². The highest BCUT2D eigenvalue weighted by atomic mass is 16.5. The largest absolute Gasteiger partial charge is 0.374 e. The molecular weight excluding hydrogens is 214 g/mol. The van der Waals surface area contributed by atoms with Crippen LogP contribution in [0.25, 0.3) is 0 Å². The fraction of sp³-hybridized carbons (Fsp3) is 0.769. The van der Waals surface area contributed by atoms with Crippen LogP contribution in [0.3, 0.4) is 0 Å². The Morgan fingerprint density at radius 1 is 1.59 bits per heavy atom. The first-order valence-electron chi connectivity index (χ1n) is 6.49. The topological polar surface area (TPSA) is 39.1 Å². The Morgan fingerprint density at radius 2 is 2.41 bits per heavy atom. The lowest BCUT2D eigenvalue weighted by atomic mass is 10.0. The molecule has 1 aliphatic rings. The number of hydrogen-bond donors (Lipinski definition) is 1. The second-order valence-electron chi connectivity index (χ2n) is 4.95. The molecular formula is C13H23N3O. The van der Waals surface area contributed by atoms with E-state index in [1.54, 1.807) is 0 Å². The molecule has 3 unspecified atom stereocenters. The molecule has 2 rings (SSSR count). The molecule has 1 aromatic rings. The zero-order chi connectivity index (χ0) is 12.3. The molecule has 1 aromatic heterocycles. The summed E-state index contributed by atoms with van der Waals surface area (Å²) < 4.78 is 8.01. The monoisotopic (exact) mass is 237 g/mol. The van der Waals surface area contributed by atoms with Gasteiger partial charge >= 0.3 is 0 Å². The van der Waals surface area contributed by atoms with Crippen molar-refractivity contribution in [2.75, 3.05) is 7.05 Å². The Hall–Kier alpha value is -0.870. The van der Waals surface area contributed by atoms with Crippen molar-refractivity contribution in [1.82, 2.24) is 14.9 Å². The molecule has 0 spiro atoms. The summed E-state index contributed by atoms with van der Waals surface area (Å²) in [5, 5.41) is 3.38. The Bertz CT molecular complexity index is 350. The zero-order valence-corrected chi connectivity index (χ0v) is 11.0. The van der Waals surface area contributed by atoms with E-state index in [1.807, 2.05) is 26.5 Å². The van der Waals surface area contributed by atoms with Gasteiger partial charge in [0.2, 0.25) is 0 Å². The van der Waals surface area contributed by atoms with Crippen LogP contribution in [-0.2, 0) is 18.2 Å². The molecule has 2 heterocycles. The second-order valence-corrected chi connectivity index (χ2v) is 4.95. The van der Waals surface area contributed by atoms with E-state index in [9.17, 15) is 0 Å². The maximum atomic E-state index is 5.92. The van der Waals surface area contributed by atoms with Crippen LogP contribution in [-0.4, -0.2) is 34.8 Å². The second kappa shape index (κ2) is 5.65. The van der Waals surface area contributed by atoms with Gasteiger partial charge in [0.15, 0.2) is 0 Å². The number of likely N-dealkylation sites (N-methyl/N-ethyl adjacent to an activating group) is 1. The summed E-state index contributed by atoms with van der Waals surface area (Å²) in [6, 6.07) is 0.441. The number of imidazole rings is 1. The molecule has 0 radical (unpaired) electrons. The van der Waals surface area contributed by atoms with Gasteiger partial charge in [0.05, 0.1) is 12.2 Å². The maximum absolute atomic E-state index is 5.92. The van der Waals surface area contributed by atoms with Gasteiger partial charge in [-0.15, -0.1) is 0 Å². The quantitative estimate of drug-likeness (QED) is 0.843. The molecule has 1 saturated heterocycles. The van der Waals surface area contributed by atoms with Crippen LogP contribution in [0.15, 0.2) is 12.4 Å². The lowest BCUT2D eigenvalue weighted by Crippen LogP contribution is -2.38. The third-order valence-electron chi connectivity index (χ3n) is 3.68. The van der Waals surface area contributed by atoms with Gasteiger partial charge in [-0.25, -0.2) is 4.98 Å². The molecule has 0 amide bonds. The van der Waals surface area contributed by atoms with E-state index in [-0.39, 0.29) is 0 Å². The molecule has 4 heteroatoms. The third-order valence-corrected chi connectivity index (χ3v) is 3.68. The van der Waals surface area contributed by atoms with Crippen LogP contribution in [0.2, 0.25) is 0 Å². The molecule has 1 aliphatic heterocycles. The standard InChI is InChI=1S/C13H23N3O/c1-10-4-6-12(17-10)11(14-2)5-7-13-15-8-9-16(13)3/h8-12,14H,4-7H2,1-3H3. The Morgan fingerprint density at radius 3 is 2.94 bits per heavy atom. The molecule has 1 N–H and O–H groups in total. The first-order chi connectivity index (χ1) is 8.20. The SMILES string of the molecule is CNC(CCc1nccn1C)C1CCC(C)O1. The van der Waals surface area contributed by atoms with Crippen molar-refractivity contribution in [1.29, 1.82) is 0 Å². The van der Waals surface area contributed by atoms with Gasteiger partial charge in [-0.2, -0.15) is 0 Å². The van der Waals surface area contributed by atoms with Gasteiger partial charge in [0.25, 0.3) is 0 Å². The summed E-state index contributed by atoms with van der Waals surface area (Å²) in [6.07, 6.45) is 9.09. The summed E-state index contributed by atoms with van der Waals surface area (Å²) in [6.45, 7) is 2.16. The first kappa shape index (κ1) is 12.6.